The van der Waals surface area contributed by atoms with Crippen molar-refractivity contribution in [3.8, 4) is 17.9 Å². The lowest BCUT2D eigenvalue weighted by Gasteiger charge is -2.10. The lowest BCUT2D eigenvalue weighted by Crippen LogP contribution is -2.18. The van der Waals surface area contributed by atoms with E-state index in [0.29, 0.717) is 5.56 Å². The molecule has 0 amide bonds. The van der Waals surface area contributed by atoms with E-state index >= 15 is 0 Å². The van der Waals surface area contributed by atoms with E-state index < -0.39 is 12.1 Å². The van der Waals surface area contributed by atoms with Gasteiger partial charge in [-0.15, -0.1) is 13.2 Å². The molecule has 0 saturated heterocycles. The Morgan fingerprint density at radius 2 is 1.94 bits per heavy atom. The fourth-order valence-electron chi connectivity index (χ4n) is 1.07. The molecule has 0 bridgehead atoms. The molecule has 0 saturated carbocycles. The number of halogens is 3. The first-order valence-corrected chi connectivity index (χ1v) is 4.12. The van der Waals surface area contributed by atoms with Crippen LogP contribution in [0.15, 0.2) is 18.2 Å². The van der Waals surface area contributed by atoms with E-state index in [0.717, 1.165) is 6.07 Å². The molecule has 1 rings (SSSR count). The SMILES string of the molecule is N#CCc1ccc(C#N)c(OC(F)(F)F)c1. The molecular weight excluding hydrogens is 221 g/mol. The van der Waals surface area contributed by atoms with Crippen LogP contribution in [0.5, 0.6) is 5.75 Å². The van der Waals surface area contributed by atoms with Gasteiger partial charge in [-0.25, -0.2) is 0 Å². The van der Waals surface area contributed by atoms with Crippen LogP contribution < -0.4 is 4.74 Å². The van der Waals surface area contributed by atoms with E-state index in [9.17, 15) is 13.2 Å². The summed E-state index contributed by atoms with van der Waals surface area (Å²) in [7, 11) is 0. The molecule has 6 heteroatoms. The molecule has 0 aromatic heterocycles. The van der Waals surface area contributed by atoms with Gasteiger partial charge >= 0.3 is 6.36 Å². The van der Waals surface area contributed by atoms with Crippen molar-refractivity contribution in [3.05, 3.63) is 29.3 Å². The van der Waals surface area contributed by atoms with Gasteiger partial charge in [-0.05, 0) is 17.7 Å². The van der Waals surface area contributed by atoms with Crippen LogP contribution in [-0.2, 0) is 6.42 Å². The first kappa shape index (κ1) is 11.9. The number of alkyl halides is 3. The van der Waals surface area contributed by atoms with E-state index in [2.05, 4.69) is 4.74 Å². The summed E-state index contributed by atoms with van der Waals surface area (Å²) in [5.41, 5.74) is 0.139. The van der Waals surface area contributed by atoms with Crippen LogP contribution in [0.1, 0.15) is 11.1 Å². The maximum atomic E-state index is 12.0. The Hall–Kier alpha value is -2.21. The quantitative estimate of drug-likeness (QED) is 0.778. The van der Waals surface area contributed by atoms with Crippen molar-refractivity contribution in [1.29, 1.82) is 10.5 Å². The summed E-state index contributed by atoms with van der Waals surface area (Å²) in [6.45, 7) is 0. The van der Waals surface area contributed by atoms with Gasteiger partial charge in [0.1, 0.15) is 11.8 Å². The fourth-order valence-corrected chi connectivity index (χ4v) is 1.07. The number of nitrogens with zero attached hydrogens (tertiary/aromatic N) is 2. The van der Waals surface area contributed by atoms with Crippen molar-refractivity contribution >= 4 is 0 Å². The largest absolute Gasteiger partial charge is 0.573 e. The number of hydrogen-bond acceptors (Lipinski definition) is 3. The van der Waals surface area contributed by atoms with Crippen molar-refractivity contribution in [2.45, 2.75) is 12.8 Å². The molecule has 0 unspecified atom stereocenters. The van der Waals surface area contributed by atoms with E-state index in [1.165, 1.54) is 12.1 Å². The molecule has 0 spiro atoms. The topological polar surface area (TPSA) is 56.8 Å². The average Bonchev–Trinajstić information content (AvgIpc) is 2.16. The first-order valence-electron chi connectivity index (χ1n) is 4.12. The van der Waals surface area contributed by atoms with Gasteiger partial charge in [-0.3, -0.25) is 0 Å². The highest BCUT2D eigenvalue weighted by atomic mass is 19.4. The zero-order chi connectivity index (χ0) is 12.2. The molecule has 1 aromatic carbocycles. The molecule has 82 valence electrons. The van der Waals surface area contributed by atoms with E-state index in [1.807, 2.05) is 0 Å². The lowest BCUT2D eigenvalue weighted by atomic mass is 10.1. The monoisotopic (exact) mass is 226 g/mol. The second kappa shape index (κ2) is 4.54. The fraction of sp³-hybridized carbons (Fsp3) is 0.200. The average molecular weight is 226 g/mol. The van der Waals surface area contributed by atoms with E-state index in [4.69, 9.17) is 10.5 Å². The highest BCUT2D eigenvalue weighted by molar-refractivity contribution is 5.45. The Balaban J connectivity index is 3.09. The van der Waals surface area contributed by atoms with Gasteiger partial charge in [0.15, 0.2) is 0 Å². The Bertz CT molecular complexity index is 468. The van der Waals surface area contributed by atoms with Crippen LogP contribution in [0.25, 0.3) is 0 Å². The van der Waals surface area contributed by atoms with Crippen LogP contribution >= 0.6 is 0 Å². The van der Waals surface area contributed by atoms with Crippen molar-refractivity contribution in [2.24, 2.45) is 0 Å². The predicted molar refractivity (Wildman–Crippen MR) is 47.2 cm³/mol. The molecule has 0 aliphatic heterocycles. The maximum absolute atomic E-state index is 12.0. The molecule has 0 fully saturated rings. The molecule has 0 N–H and O–H groups in total. The zero-order valence-corrected chi connectivity index (χ0v) is 7.88. The van der Waals surface area contributed by atoms with Crippen molar-refractivity contribution in [3.63, 3.8) is 0 Å². The third-order valence-corrected chi connectivity index (χ3v) is 1.68. The summed E-state index contributed by atoms with van der Waals surface area (Å²) in [5, 5.41) is 17.0. The highest BCUT2D eigenvalue weighted by Gasteiger charge is 2.32. The predicted octanol–water partition coefficient (Wildman–Crippen LogP) is 2.52. The molecule has 0 heterocycles. The molecule has 0 radical (unpaired) electrons. The normalized spacial score (nSPS) is 10.3. The van der Waals surface area contributed by atoms with Crippen molar-refractivity contribution in [1.82, 2.24) is 0 Å². The minimum Gasteiger partial charge on any atom is -0.404 e. The van der Waals surface area contributed by atoms with Crippen LogP contribution in [0.4, 0.5) is 13.2 Å². The molecular formula is C10H5F3N2O. The summed E-state index contributed by atoms with van der Waals surface area (Å²) in [6.07, 6.45) is -4.89. The molecule has 0 atom stereocenters. The number of hydrogen-bond donors (Lipinski definition) is 0. The molecule has 16 heavy (non-hydrogen) atoms. The Morgan fingerprint density at radius 1 is 1.25 bits per heavy atom. The Labute approximate surface area is 89.3 Å². The Morgan fingerprint density at radius 3 is 2.44 bits per heavy atom. The van der Waals surface area contributed by atoms with Crippen LogP contribution in [0.3, 0.4) is 0 Å². The standard InChI is InChI=1S/C10H5F3N2O/c11-10(12,13)16-9-5-7(3-4-14)1-2-8(9)6-15/h1-2,5H,3H2. The maximum Gasteiger partial charge on any atom is 0.573 e. The van der Waals surface area contributed by atoms with Gasteiger partial charge in [0.25, 0.3) is 0 Å². The van der Waals surface area contributed by atoms with Crippen molar-refractivity contribution in [2.75, 3.05) is 0 Å². The number of benzene rings is 1. The number of ether oxygens (including phenoxy) is 1. The highest BCUT2D eigenvalue weighted by Crippen LogP contribution is 2.27. The zero-order valence-electron chi connectivity index (χ0n) is 7.88. The molecule has 3 nitrogen and oxygen atoms in total. The van der Waals surface area contributed by atoms with Crippen molar-refractivity contribution < 1.29 is 17.9 Å². The summed E-state index contributed by atoms with van der Waals surface area (Å²) in [5.74, 6) is -0.581. The third-order valence-electron chi connectivity index (χ3n) is 1.68. The number of rotatable bonds is 2. The van der Waals surface area contributed by atoms with Gasteiger partial charge in [0.2, 0.25) is 0 Å². The summed E-state index contributed by atoms with van der Waals surface area (Å²) < 4.78 is 39.6. The van der Waals surface area contributed by atoms with Crippen LogP contribution in [0.2, 0.25) is 0 Å². The second-order valence-corrected chi connectivity index (χ2v) is 2.83. The summed E-state index contributed by atoms with van der Waals surface area (Å²) in [4.78, 5) is 0. The van der Waals surface area contributed by atoms with E-state index in [1.54, 1.807) is 12.1 Å². The van der Waals surface area contributed by atoms with Gasteiger partial charge < -0.3 is 4.74 Å². The van der Waals surface area contributed by atoms with Gasteiger partial charge in [-0.1, -0.05) is 6.07 Å². The summed E-state index contributed by atoms with van der Waals surface area (Å²) in [6, 6.07) is 7.00. The minimum absolute atomic E-state index is 0.0417. The summed E-state index contributed by atoms with van der Waals surface area (Å²) >= 11 is 0. The molecule has 0 aliphatic rings. The smallest absolute Gasteiger partial charge is 0.404 e. The van der Waals surface area contributed by atoms with Crippen LogP contribution in [-0.4, -0.2) is 6.36 Å². The lowest BCUT2D eigenvalue weighted by molar-refractivity contribution is -0.274. The second-order valence-electron chi connectivity index (χ2n) is 2.83. The van der Waals surface area contributed by atoms with Crippen LogP contribution in [0, 0.1) is 22.7 Å². The van der Waals surface area contributed by atoms with Gasteiger partial charge in [-0.2, -0.15) is 10.5 Å². The molecule has 1 aromatic rings. The molecule has 0 aliphatic carbocycles. The third kappa shape index (κ3) is 3.18. The first-order chi connectivity index (χ1) is 7.46. The Kier molecular flexibility index (Phi) is 3.37. The van der Waals surface area contributed by atoms with E-state index in [-0.39, 0.29) is 12.0 Å². The minimum atomic E-state index is -4.85. The van der Waals surface area contributed by atoms with Gasteiger partial charge in [0.05, 0.1) is 18.1 Å². The number of nitriles is 2. The van der Waals surface area contributed by atoms with Gasteiger partial charge in [0, 0.05) is 0 Å².